The van der Waals surface area contributed by atoms with E-state index in [0.29, 0.717) is 22.6 Å². The van der Waals surface area contributed by atoms with E-state index in [1.807, 2.05) is 0 Å². The lowest BCUT2D eigenvalue weighted by molar-refractivity contribution is -0.386. The second kappa shape index (κ2) is 11.6. The Morgan fingerprint density at radius 1 is 1.11 bits per heavy atom. The maximum atomic E-state index is 13.0. The van der Waals surface area contributed by atoms with Gasteiger partial charge >= 0.3 is 5.69 Å². The third-order valence-corrected chi connectivity index (χ3v) is 5.19. The summed E-state index contributed by atoms with van der Waals surface area (Å²) >= 11 is 0. The molecule has 0 unspecified atom stereocenters. The second-order valence-corrected chi connectivity index (χ2v) is 7.77. The van der Waals surface area contributed by atoms with E-state index in [1.54, 1.807) is 55.5 Å². The lowest BCUT2D eigenvalue weighted by atomic mass is 10.1. The van der Waals surface area contributed by atoms with Gasteiger partial charge in [0, 0.05) is 17.2 Å². The van der Waals surface area contributed by atoms with Crippen molar-refractivity contribution in [2.45, 2.75) is 6.92 Å². The molecule has 12 heteroatoms. The fourth-order valence-electron chi connectivity index (χ4n) is 3.43. The quantitative estimate of drug-likeness (QED) is 0.168. The number of phenolic OH excluding ortho intramolecular Hbond substituents is 1. The highest BCUT2D eigenvalue weighted by molar-refractivity contribution is 6.05. The highest BCUT2D eigenvalue weighted by Crippen LogP contribution is 2.36. The van der Waals surface area contributed by atoms with Gasteiger partial charge in [0.15, 0.2) is 17.2 Å². The smallest absolute Gasteiger partial charge is 0.315 e. The van der Waals surface area contributed by atoms with Crippen molar-refractivity contribution in [1.29, 1.82) is 0 Å². The van der Waals surface area contributed by atoms with Crippen LogP contribution in [0.3, 0.4) is 0 Å². The van der Waals surface area contributed by atoms with E-state index in [4.69, 9.17) is 14.2 Å². The number of hydrogen-bond acceptors (Lipinski definition) is 9. The Kier molecular flexibility index (Phi) is 7.82. The molecule has 0 bridgehead atoms. The van der Waals surface area contributed by atoms with Crippen molar-refractivity contribution in [3.8, 4) is 23.0 Å². The normalized spacial score (nSPS) is 12.3. The Bertz CT molecular complexity index is 1440. The molecule has 1 aliphatic rings. The van der Waals surface area contributed by atoms with E-state index < -0.39 is 28.2 Å². The summed E-state index contributed by atoms with van der Waals surface area (Å²) in [5, 5.41) is 27.7. The molecule has 1 heterocycles. The number of aromatic hydroxyl groups is 1. The third kappa shape index (κ3) is 6.05. The van der Waals surface area contributed by atoms with Gasteiger partial charge in [-0.3, -0.25) is 19.7 Å². The SMILES string of the molecule is CCOc1cc(C=NNC(=O)C(=Cc2ccc3c(c2)OCO3)NC(=O)c2ccccc2)cc([N+](=O)[O-])c1O. The predicted molar refractivity (Wildman–Crippen MR) is 136 cm³/mol. The first-order chi connectivity index (χ1) is 18.4. The van der Waals surface area contributed by atoms with Crippen LogP contribution in [0, 0.1) is 10.1 Å². The van der Waals surface area contributed by atoms with Gasteiger partial charge in [-0.1, -0.05) is 24.3 Å². The lowest BCUT2D eigenvalue weighted by Crippen LogP contribution is -2.32. The van der Waals surface area contributed by atoms with Crippen molar-refractivity contribution in [3.63, 3.8) is 0 Å². The van der Waals surface area contributed by atoms with Crippen molar-refractivity contribution in [1.82, 2.24) is 10.7 Å². The number of amides is 2. The monoisotopic (exact) mass is 518 g/mol. The molecule has 0 spiro atoms. The molecular weight excluding hydrogens is 496 g/mol. The Hall–Kier alpha value is -5.39. The summed E-state index contributed by atoms with van der Waals surface area (Å²) in [6, 6.07) is 15.7. The van der Waals surface area contributed by atoms with Crippen LogP contribution >= 0.6 is 0 Å². The maximum absolute atomic E-state index is 13.0. The molecule has 0 saturated carbocycles. The molecule has 38 heavy (non-hydrogen) atoms. The first-order valence-electron chi connectivity index (χ1n) is 11.3. The van der Waals surface area contributed by atoms with Gasteiger partial charge in [0.2, 0.25) is 12.5 Å². The number of nitrogens with zero attached hydrogens (tertiary/aromatic N) is 2. The minimum absolute atomic E-state index is 0.0791. The summed E-state index contributed by atoms with van der Waals surface area (Å²) < 4.78 is 15.9. The number of benzene rings is 3. The van der Waals surface area contributed by atoms with E-state index in [1.165, 1.54) is 12.1 Å². The lowest BCUT2D eigenvalue weighted by Gasteiger charge is -2.10. The standard InChI is InChI=1S/C26H22N4O8/c1-2-36-23-13-17(11-20(24(23)31)30(34)35)14-27-29-26(33)19(28-25(32)18-6-4-3-5-7-18)10-16-8-9-21-22(12-16)38-15-37-21/h3-14,31H,2,15H2,1H3,(H,28,32)(H,29,33). The summed E-state index contributed by atoms with van der Waals surface area (Å²) in [4.78, 5) is 36.3. The molecule has 12 nitrogen and oxygen atoms in total. The fourth-order valence-corrected chi connectivity index (χ4v) is 3.43. The number of rotatable bonds is 9. The first kappa shape index (κ1) is 25.7. The van der Waals surface area contributed by atoms with Crippen molar-refractivity contribution < 1.29 is 33.8 Å². The zero-order chi connectivity index (χ0) is 27.1. The van der Waals surface area contributed by atoms with Crippen LogP contribution in [0.25, 0.3) is 6.08 Å². The highest BCUT2D eigenvalue weighted by Gasteiger charge is 2.20. The molecule has 3 aromatic rings. The van der Waals surface area contributed by atoms with Gasteiger partial charge in [-0.25, -0.2) is 5.43 Å². The van der Waals surface area contributed by atoms with Crippen molar-refractivity contribution in [2.24, 2.45) is 5.10 Å². The number of fused-ring (bicyclic) bond motifs is 1. The maximum Gasteiger partial charge on any atom is 0.315 e. The van der Waals surface area contributed by atoms with Gasteiger partial charge in [-0.05, 0) is 48.9 Å². The average Bonchev–Trinajstić information content (AvgIpc) is 3.38. The van der Waals surface area contributed by atoms with Gasteiger partial charge in [0.05, 0.1) is 17.7 Å². The number of hydrazone groups is 1. The van der Waals surface area contributed by atoms with Crippen LogP contribution in [0.5, 0.6) is 23.0 Å². The van der Waals surface area contributed by atoms with Gasteiger partial charge < -0.3 is 24.6 Å². The zero-order valence-corrected chi connectivity index (χ0v) is 20.0. The third-order valence-electron chi connectivity index (χ3n) is 5.19. The average molecular weight is 518 g/mol. The van der Waals surface area contributed by atoms with Crippen molar-refractivity contribution in [2.75, 3.05) is 13.4 Å². The van der Waals surface area contributed by atoms with Crippen LogP contribution < -0.4 is 25.0 Å². The Morgan fingerprint density at radius 3 is 2.61 bits per heavy atom. The molecular formula is C26H22N4O8. The van der Waals surface area contributed by atoms with Gasteiger partial charge in [0.1, 0.15) is 5.70 Å². The predicted octanol–water partition coefficient (Wildman–Crippen LogP) is 3.35. The van der Waals surface area contributed by atoms with Gasteiger partial charge in [-0.2, -0.15) is 5.10 Å². The van der Waals surface area contributed by atoms with Crippen LogP contribution in [-0.2, 0) is 4.79 Å². The van der Waals surface area contributed by atoms with Crippen LogP contribution in [0.4, 0.5) is 5.69 Å². The summed E-state index contributed by atoms with van der Waals surface area (Å²) in [6.45, 7) is 1.90. The molecule has 4 rings (SSSR count). The Balaban J connectivity index is 1.58. The number of carbonyl (C=O) groups excluding carboxylic acids is 2. The molecule has 1 aliphatic heterocycles. The van der Waals surface area contributed by atoms with E-state index in [2.05, 4.69) is 15.8 Å². The number of hydrogen-bond donors (Lipinski definition) is 3. The van der Waals surface area contributed by atoms with Gasteiger partial charge in [0.25, 0.3) is 11.8 Å². The van der Waals surface area contributed by atoms with Gasteiger partial charge in [-0.15, -0.1) is 0 Å². The van der Waals surface area contributed by atoms with E-state index in [9.17, 15) is 24.8 Å². The molecule has 0 radical (unpaired) electrons. The summed E-state index contributed by atoms with van der Waals surface area (Å²) in [5.41, 5.74) is 2.66. The minimum Gasteiger partial charge on any atom is -0.500 e. The Morgan fingerprint density at radius 2 is 1.87 bits per heavy atom. The molecule has 0 atom stereocenters. The molecule has 194 valence electrons. The van der Waals surface area contributed by atoms with E-state index >= 15 is 0 Å². The summed E-state index contributed by atoms with van der Waals surface area (Å²) in [7, 11) is 0. The molecule has 0 aliphatic carbocycles. The number of nitro benzene ring substituents is 1. The number of ether oxygens (including phenoxy) is 3. The second-order valence-electron chi connectivity index (χ2n) is 7.77. The molecule has 0 fully saturated rings. The number of nitro groups is 1. The van der Waals surface area contributed by atoms with Crippen LogP contribution in [0.1, 0.15) is 28.4 Å². The highest BCUT2D eigenvalue weighted by atomic mass is 16.7. The van der Waals surface area contributed by atoms with Crippen molar-refractivity contribution in [3.05, 3.63) is 93.2 Å². The largest absolute Gasteiger partial charge is 0.500 e. The number of carbonyl (C=O) groups is 2. The number of nitrogens with one attached hydrogen (secondary N) is 2. The van der Waals surface area contributed by atoms with Crippen molar-refractivity contribution >= 4 is 29.8 Å². The van der Waals surface area contributed by atoms with E-state index in [-0.39, 0.29) is 30.4 Å². The first-order valence-corrected chi connectivity index (χ1v) is 11.3. The molecule has 0 aromatic heterocycles. The van der Waals surface area contributed by atoms with Crippen LogP contribution in [0.15, 0.2) is 71.5 Å². The molecule has 2 amide bonds. The van der Waals surface area contributed by atoms with E-state index in [0.717, 1.165) is 12.3 Å². The topological polar surface area (TPSA) is 162 Å². The fraction of sp³-hybridized carbons (Fsp3) is 0.115. The summed E-state index contributed by atoms with van der Waals surface area (Å²) in [5.74, 6) is -0.956. The Labute approximate surface area is 216 Å². The molecule has 3 aromatic carbocycles. The molecule has 3 N–H and O–H groups in total. The minimum atomic E-state index is -0.765. The molecule has 0 saturated heterocycles. The van der Waals surface area contributed by atoms with Crippen LogP contribution in [-0.4, -0.2) is 41.5 Å². The summed E-state index contributed by atoms with van der Waals surface area (Å²) in [6.07, 6.45) is 2.58. The van der Waals surface area contributed by atoms with Crippen LogP contribution in [0.2, 0.25) is 0 Å². The zero-order valence-electron chi connectivity index (χ0n) is 20.0. The number of phenols is 1.